The number of benzene rings is 3. The van der Waals surface area contributed by atoms with Crippen LogP contribution in [0.3, 0.4) is 0 Å². The van der Waals surface area contributed by atoms with E-state index in [4.69, 9.17) is 14.2 Å². The number of carbonyl (C=O) groups is 1. The predicted octanol–water partition coefficient (Wildman–Crippen LogP) is 4.37. The number of nitrogens with one attached hydrogen (secondary N) is 1. The Labute approximate surface area is 169 Å². The van der Waals surface area contributed by atoms with Crippen molar-refractivity contribution in [2.75, 3.05) is 21.3 Å². The number of hydrogen-bond donors (Lipinski definition) is 1. The maximum Gasteiger partial charge on any atom is 0.255 e. The van der Waals surface area contributed by atoms with Gasteiger partial charge < -0.3 is 19.5 Å². The van der Waals surface area contributed by atoms with Crippen LogP contribution in [-0.2, 0) is 0 Å². The average Bonchev–Trinajstić information content (AvgIpc) is 2.77. The van der Waals surface area contributed by atoms with Crippen molar-refractivity contribution in [3.8, 4) is 17.2 Å². The SMILES string of the molecule is COc1ccc(C(NC(=O)c2ccccc2F)c2ccc(OC)c(OC)c2)cc1. The van der Waals surface area contributed by atoms with Gasteiger partial charge in [-0.25, -0.2) is 4.39 Å². The Kier molecular flexibility index (Phi) is 6.34. The number of rotatable bonds is 7. The van der Waals surface area contributed by atoms with E-state index in [0.29, 0.717) is 17.2 Å². The third-order valence-corrected chi connectivity index (χ3v) is 4.58. The summed E-state index contributed by atoms with van der Waals surface area (Å²) in [6.45, 7) is 0. The van der Waals surface area contributed by atoms with Crippen molar-refractivity contribution in [2.45, 2.75) is 6.04 Å². The Bertz CT molecular complexity index is 988. The van der Waals surface area contributed by atoms with Crippen molar-refractivity contribution in [1.82, 2.24) is 5.32 Å². The summed E-state index contributed by atoms with van der Waals surface area (Å²) in [5.41, 5.74) is 1.55. The molecule has 0 aliphatic rings. The first-order valence-electron chi connectivity index (χ1n) is 8.98. The molecule has 0 radical (unpaired) electrons. The minimum Gasteiger partial charge on any atom is -0.497 e. The molecule has 29 heavy (non-hydrogen) atoms. The topological polar surface area (TPSA) is 56.8 Å². The van der Waals surface area contributed by atoms with Gasteiger partial charge in [0.05, 0.1) is 32.9 Å². The lowest BCUT2D eigenvalue weighted by Gasteiger charge is -2.21. The van der Waals surface area contributed by atoms with Gasteiger partial charge in [-0.1, -0.05) is 30.3 Å². The molecule has 1 amide bonds. The van der Waals surface area contributed by atoms with E-state index in [0.717, 1.165) is 11.1 Å². The Morgan fingerprint density at radius 3 is 2.10 bits per heavy atom. The van der Waals surface area contributed by atoms with Gasteiger partial charge in [-0.05, 0) is 47.5 Å². The number of carbonyl (C=O) groups excluding carboxylic acids is 1. The molecule has 3 aromatic carbocycles. The van der Waals surface area contributed by atoms with Gasteiger partial charge in [-0.3, -0.25) is 4.79 Å². The lowest BCUT2D eigenvalue weighted by Crippen LogP contribution is -2.30. The molecule has 0 saturated heterocycles. The molecule has 0 aliphatic carbocycles. The predicted molar refractivity (Wildman–Crippen MR) is 108 cm³/mol. The van der Waals surface area contributed by atoms with Crippen molar-refractivity contribution in [3.63, 3.8) is 0 Å². The summed E-state index contributed by atoms with van der Waals surface area (Å²) in [5, 5.41) is 2.92. The van der Waals surface area contributed by atoms with E-state index in [2.05, 4.69) is 5.32 Å². The first-order chi connectivity index (χ1) is 14.1. The van der Waals surface area contributed by atoms with Gasteiger partial charge in [0.2, 0.25) is 0 Å². The minimum absolute atomic E-state index is 0.0218. The van der Waals surface area contributed by atoms with Crippen LogP contribution >= 0.6 is 0 Å². The molecular weight excluding hydrogens is 373 g/mol. The van der Waals surface area contributed by atoms with E-state index in [1.165, 1.54) is 12.1 Å². The van der Waals surface area contributed by atoms with Crippen LogP contribution in [0.25, 0.3) is 0 Å². The van der Waals surface area contributed by atoms with E-state index in [-0.39, 0.29) is 5.56 Å². The molecule has 1 unspecified atom stereocenters. The summed E-state index contributed by atoms with van der Waals surface area (Å²) in [7, 11) is 4.68. The van der Waals surface area contributed by atoms with E-state index >= 15 is 0 Å². The highest BCUT2D eigenvalue weighted by atomic mass is 19.1. The molecule has 0 spiro atoms. The molecule has 150 valence electrons. The maximum atomic E-state index is 14.1. The molecule has 6 heteroatoms. The summed E-state index contributed by atoms with van der Waals surface area (Å²) in [5.74, 6) is 0.707. The Morgan fingerprint density at radius 1 is 0.828 bits per heavy atom. The van der Waals surface area contributed by atoms with Gasteiger partial charge in [-0.15, -0.1) is 0 Å². The van der Waals surface area contributed by atoms with Gasteiger partial charge >= 0.3 is 0 Å². The lowest BCUT2D eigenvalue weighted by atomic mass is 9.97. The zero-order chi connectivity index (χ0) is 20.8. The van der Waals surface area contributed by atoms with Gasteiger partial charge in [-0.2, -0.15) is 0 Å². The summed E-state index contributed by atoms with van der Waals surface area (Å²) >= 11 is 0. The minimum atomic E-state index is -0.578. The van der Waals surface area contributed by atoms with Crippen LogP contribution in [0, 0.1) is 5.82 Å². The largest absolute Gasteiger partial charge is 0.497 e. The summed E-state index contributed by atoms with van der Waals surface area (Å²) in [6.07, 6.45) is 0. The molecule has 0 aromatic heterocycles. The molecular formula is C23H22FNO4. The molecule has 3 aromatic rings. The number of ether oxygens (including phenoxy) is 3. The van der Waals surface area contributed by atoms with Crippen molar-refractivity contribution in [1.29, 1.82) is 0 Å². The van der Waals surface area contributed by atoms with Crippen molar-refractivity contribution in [3.05, 3.63) is 89.2 Å². The zero-order valence-corrected chi connectivity index (χ0v) is 16.4. The first-order valence-corrected chi connectivity index (χ1v) is 8.98. The fourth-order valence-electron chi connectivity index (χ4n) is 3.04. The highest BCUT2D eigenvalue weighted by Gasteiger charge is 2.21. The summed E-state index contributed by atoms with van der Waals surface area (Å²) in [4.78, 5) is 12.8. The number of halogens is 1. The number of amides is 1. The second-order valence-corrected chi connectivity index (χ2v) is 6.27. The van der Waals surface area contributed by atoms with Gasteiger partial charge in [0.1, 0.15) is 11.6 Å². The van der Waals surface area contributed by atoms with Crippen molar-refractivity contribution in [2.24, 2.45) is 0 Å². The van der Waals surface area contributed by atoms with E-state index in [1.807, 2.05) is 18.2 Å². The summed E-state index contributed by atoms with van der Waals surface area (Å²) < 4.78 is 30.0. The average molecular weight is 395 g/mol. The molecule has 5 nitrogen and oxygen atoms in total. The highest BCUT2D eigenvalue weighted by Crippen LogP contribution is 2.33. The van der Waals surface area contributed by atoms with Crippen molar-refractivity contribution >= 4 is 5.91 Å². The van der Waals surface area contributed by atoms with Crippen LogP contribution < -0.4 is 19.5 Å². The molecule has 0 bridgehead atoms. The monoisotopic (exact) mass is 395 g/mol. The third kappa shape index (κ3) is 4.48. The van der Waals surface area contributed by atoms with E-state index < -0.39 is 17.8 Å². The van der Waals surface area contributed by atoms with Gasteiger partial charge in [0.15, 0.2) is 11.5 Å². The van der Waals surface area contributed by atoms with Crippen LogP contribution in [0.4, 0.5) is 4.39 Å². The second-order valence-electron chi connectivity index (χ2n) is 6.27. The standard InChI is InChI=1S/C23H22FNO4/c1-27-17-11-8-15(9-12-17)22(16-10-13-20(28-2)21(14-16)29-3)25-23(26)18-6-4-5-7-19(18)24/h4-14,22H,1-3H3,(H,25,26). The molecule has 0 heterocycles. The van der Waals surface area contributed by atoms with Crippen LogP contribution in [0.5, 0.6) is 17.2 Å². The number of hydrogen-bond acceptors (Lipinski definition) is 4. The lowest BCUT2D eigenvalue weighted by molar-refractivity contribution is 0.0939. The second kappa shape index (κ2) is 9.10. The van der Waals surface area contributed by atoms with Gasteiger partial charge in [0, 0.05) is 0 Å². The van der Waals surface area contributed by atoms with Crippen LogP contribution in [-0.4, -0.2) is 27.2 Å². The fraction of sp³-hybridized carbons (Fsp3) is 0.174. The first kappa shape index (κ1) is 20.2. The fourth-order valence-corrected chi connectivity index (χ4v) is 3.04. The normalized spacial score (nSPS) is 11.4. The number of methoxy groups -OCH3 is 3. The molecule has 0 saturated carbocycles. The Morgan fingerprint density at radius 2 is 1.48 bits per heavy atom. The smallest absolute Gasteiger partial charge is 0.255 e. The van der Waals surface area contributed by atoms with E-state index in [9.17, 15) is 9.18 Å². The van der Waals surface area contributed by atoms with Crippen LogP contribution in [0.15, 0.2) is 66.7 Å². The summed E-state index contributed by atoms with van der Waals surface area (Å²) in [6, 6.07) is 18.0. The van der Waals surface area contributed by atoms with Crippen LogP contribution in [0.1, 0.15) is 27.5 Å². The van der Waals surface area contributed by atoms with Crippen LogP contribution in [0.2, 0.25) is 0 Å². The molecule has 0 aliphatic heterocycles. The quantitative estimate of drug-likeness (QED) is 0.645. The molecule has 1 N–H and O–H groups in total. The molecule has 3 rings (SSSR count). The Hall–Kier alpha value is -3.54. The van der Waals surface area contributed by atoms with Crippen molar-refractivity contribution < 1.29 is 23.4 Å². The molecule has 0 fully saturated rings. The maximum absolute atomic E-state index is 14.1. The molecule has 1 atom stereocenters. The Balaban J connectivity index is 2.02. The highest BCUT2D eigenvalue weighted by molar-refractivity contribution is 5.95. The zero-order valence-electron chi connectivity index (χ0n) is 16.4. The van der Waals surface area contributed by atoms with E-state index in [1.54, 1.807) is 57.7 Å². The van der Waals surface area contributed by atoms with Gasteiger partial charge in [0.25, 0.3) is 5.91 Å². The third-order valence-electron chi connectivity index (χ3n) is 4.58.